The van der Waals surface area contributed by atoms with E-state index in [4.69, 9.17) is 5.11 Å². The number of thioether (sulfide) groups is 1. The van der Waals surface area contributed by atoms with Crippen molar-refractivity contribution < 1.29 is 5.11 Å². The van der Waals surface area contributed by atoms with Crippen LogP contribution < -0.4 is 0 Å². The molecule has 0 aromatic rings. The van der Waals surface area contributed by atoms with E-state index in [1.54, 1.807) is 0 Å². The summed E-state index contributed by atoms with van der Waals surface area (Å²) in [7, 11) is 0. The Bertz CT molecular complexity index is 98.1. The van der Waals surface area contributed by atoms with Gasteiger partial charge in [-0.2, -0.15) is 24.4 Å². The second kappa shape index (κ2) is 6.21. The maximum Gasteiger partial charge on any atom is 0.0444 e. The van der Waals surface area contributed by atoms with Gasteiger partial charge in [-0.3, -0.25) is 0 Å². The largest absolute Gasteiger partial charge is 0.396 e. The fraction of sp³-hybridized carbons (Fsp3) is 1.00. The molecule has 1 unspecified atom stereocenters. The second-order valence-electron chi connectivity index (χ2n) is 2.69. The van der Waals surface area contributed by atoms with Gasteiger partial charge in [0.2, 0.25) is 0 Å². The van der Waals surface area contributed by atoms with E-state index in [0.717, 1.165) is 24.3 Å². The maximum atomic E-state index is 8.77. The monoisotopic (exact) mass is 194 g/mol. The minimum absolute atomic E-state index is 0.0510. The number of hydrogen-bond acceptors (Lipinski definition) is 3. The lowest BCUT2D eigenvalue weighted by Gasteiger charge is -2.25. The van der Waals surface area contributed by atoms with Gasteiger partial charge in [0, 0.05) is 17.1 Å². The van der Waals surface area contributed by atoms with Gasteiger partial charge in [0.05, 0.1) is 0 Å². The molecule has 0 aromatic carbocycles. The van der Waals surface area contributed by atoms with Gasteiger partial charge in [-0.25, -0.2) is 0 Å². The molecule has 0 heterocycles. The molecule has 0 aliphatic heterocycles. The summed E-state index contributed by atoms with van der Waals surface area (Å²) < 4.78 is 0.0510. The molecular weight excluding hydrogens is 176 g/mol. The summed E-state index contributed by atoms with van der Waals surface area (Å²) >= 11 is 6.44. The van der Waals surface area contributed by atoms with Crippen molar-refractivity contribution in [1.82, 2.24) is 0 Å². The van der Waals surface area contributed by atoms with Gasteiger partial charge in [-0.15, -0.1) is 0 Å². The van der Waals surface area contributed by atoms with Crippen molar-refractivity contribution in [3.05, 3.63) is 0 Å². The zero-order chi connectivity index (χ0) is 8.74. The van der Waals surface area contributed by atoms with Crippen molar-refractivity contribution in [1.29, 1.82) is 0 Å². The summed E-state index contributed by atoms with van der Waals surface area (Å²) in [5.41, 5.74) is 0. The van der Waals surface area contributed by atoms with E-state index in [1.807, 2.05) is 11.8 Å². The van der Waals surface area contributed by atoms with Crippen molar-refractivity contribution in [2.75, 3.05) is 18.1 Å². The zero-order valence-corrected chi connectivity index (χ0v) is 9.05. The molecule has 68 valence electrons. The van der Waals surface area contributed by atoms with Crippen LogP contribution in [0.2, 0.25) is 0 Å². The van der Waals surface area contributed by atoms with E-state index in [-0.39, 0.29) is 11.4 Å². The molecule has 0 bridgehead atoms. The quantitative estimate of drug-likeness (QED) is 0.632. The Morgan fingerprint density at radius 3 is 2.45 bits per heavy atom. The third-order valence-electron chi connectivity index (χ3n) is 1.81. The second-order valence-corrected chi connectivity index (χ2v) is 4.91. The molecule has 0 aliphatic carbocycles. The first-order chi connectivity index (χ1) is 5.18. The van der Waals surface area contributed by atoms with Crippen LogP contribution in [0.5, 0.6) is 0 Å². The van der Waals surface area contributed by atoms with Crippen LogP contribution in [-0.2, 0) is 0 Å². The van der Waals surface area contributed by atoms with Crippen LogP contribution in [0.1, 0.15) is 26.7 Å². The van der Waals surface area contributed by atoms with Gasteiger partial charge >= 0.3 is 0 Å². The predicted molar refractivity (Wildman–Crippen MR) is 56.7 cm³/mol. The molecule has 0 spiro atoms. The minimum Gasteiger partial charge on any atom is -0.396 e. The summed E-state index contributed by atoms with van der Waals surface area (Å²) in [6.45, 7) is 4.52. The molecule has 0 saturated carbocycles. The summed E-state index contributed by atoms with van der Waals surface area (Å²) in [5.74, 6) is 2.18. The lowest BCUT2D eigenvalue weighted by molar-refractivity contribution is 0.271. The Morgan fingerprint density at radius 2 is 2.09 bits per heavy atom. The Balaban J connectivity index is 3.68. The van der Waals surface area contributed by atoms with Crippen molar-refractivity contribution in [3.8, 4) is 0 Å². The molecular formula is C8H18OS2. The number of aliphatic hydroxyl groups is 1. The summed E-state index contributed by atoms with van der Waals surface area (Å²) in [6, 6.07) is 0. The molecule has 0 aromatic heterocycles. The van der Waals surface area contributed by atoms with Gasteiger partial charge in [0.1, 0.15) is 0 Å². The average molecular weight is 194 g/mol. The van der Waals surface area contributed by atoms with Crippen molar-refractivity contribution in [2.24, 2.45) is 0 Å². The Hall–Kier alpha value is 0.660. The van der Waals surface area contributed by atoms with Crippen molar-refractivity contribution in [3.63, 3.8) is 0 Å². The van der Waals surface area contributed by atoms with E-state index >= 15 is 0 Å². The molecule has 0 fully saturated rings. The molecule has 0 rings (SSSR count). The molecule has 1 N–H and O–H groups in total. The Labute approximate surface area is 79.4 Å². The number of thiol groups is 1. The first-order valence-corrected chi connectivity index (χ1v) is 5.69. The Morgan fingerprint density at radius 1 is 1.45 bits per heavy atom. The molecule has 0 radical (unpaired) electrons. The lowest BCUT2D eigenvalue weighted by atomic mass is 10.0. The van der Waals surface area contributed by atoms with Crippen LogP contribution in [0.4, 0.5) is 0 Å². The van der Waals surface area contributed by atoms with Crippen molar-refractivity contribution >= 4 is 24.4 Å². The highest BCUT2D eigenvalue weighted by atomic mass is 32.2. The fourth-order valence-corrected chi connectivity index (χ4v) is 2.16. The molecule has 0 amide bonds. The highest BCUT2D eigenvalue weighted by Gasteiger charge is 2.21. The van der Waals surface area contributed by atoms with Crippen LogP contribution in [0.25, 0.3) is 0 Å². The molecule has 1 nitrogen and oxygen atoms in total. The van der Waals surface area contributed by atoms with E-state index in [1.165, 1.54) is 0 Å². The average Bonchev–Trinajstić information content (AvgIpc) is 2.02. The normalized spacial score (nSPS) is 16.4. The number of aliphatic hydroxyl groups excluding tert-OH is 1. The summed E-state index contributed by atoms with van der Waals surface area (Å²) in [4.78, 5) is 0. The van der Waals surface area contributed by atoms with Crippen LogP contribution in [0.15, 0.2) is 0 Å². The summed E-state index contributed by atoms with van der Waals surface area (Å²) in [6.07, 6.45) is 1.84. The summed E-state index contributed by atoms with van der Waals surface area (Å²) in [5, 5.41) is 8.77. The van der Waals surface area contributed by atoms with Crippen LogP contribution >= 0.6 is 24.4 Å². The van der Waals surface area contributed by atoms with E-state index in [0.29, 0.717) is 0 Å². The van der Waals surface area contributed by atoms with Gasteiger partial charge in [-0.05, 0) is 18.6 Å². The van der Waals surface area contributed by atoms with Crippen molar-refractivity contribution in [2.45, 2.75) is 31.4 Å². The smallest absolute Gasteiger partial charge is 0.0444 e. The van der Waals surface area contributed by atoms with E-state index in [2.05, 4.69) is 26.5 Å². The van der Waals surface area contributed by atoms with Crippen LogP contribution in [-0.4, -0.2) is 28.0 Å². The van der Waals surface area contributed by atoms with E-state index in [9.17, 15) is 0 Å². The standard InChI is InChI=1S/C8H18OS2/c1-3-8(10,5-6-9)7-11-4-2/h9-10H,3-7H2,1-2H3. The predicted octanol–water partition coefficient (Wildman–Crippen LogP) is 2.20. The van der Waals surface area contributed by atoms with Gasteiger partial charge in [0.25, 0.3) is 0 Å². The van der Waals surface area contributed by atoms with Crippen LogP contribution in [0.3, 0.4) is 0 Å². The molecule has 11 heavy (non-hydrogen) atoms. The van der Waals surface area contributed by atoms with Gasteiger partial charge in [-0.1, -0.05) is 13.8 Å². The topological polar surface area (TPSA) is 20.2 Å². The first-order valence-electron chi connectivity index (χ1n) is 4.09. The number of hydrogen-bond donors (Lipinski definition) is 2. The maximum absolute atomic E-state index is 8.77. The minimum atomic E-state index is 0.0510. The van der Waals surface area contributed by atoms with Gasteiger partial charge in [0.15, 0.2) is 0 Å². The highest BCUT2D eigenvalue weighted by molar-refractivity contribution is 8.00. The third kappa shape index (κ3) is 4.99. The molecule has 0 aliphatic rings. The molecule has 1 atom stereocenters. The molecule has 0 saturated heterocycles. The lowest BCUT2D eigenvalue weighted by Crippen LogP contribution is -2.25. The Kier molecular flexibility index (Phi) is 6.58. The fourth-order valence-electron chi connectivity index (χ4n) is 0.851. The van der Waals surface area contributed by atoms with Crippen LogP contribution in [0, 0.1) is 0 Å². The third-order valence-corrected chi connectivity index (χ3v) is 3.89. The molecule has 3 heteroatoms. The SMILES string of the molecule is CCSCC(S)(CC)CCO. The zero-order valence-electron chi connectivity index (χ0n) is 7.34. The first kappa shape index (κ1) is 11.7. The highest BCUT2D eigenvalue weighted by Crippen LogP contribution is 2.27. The van der Waals surface area contributed by atoms with E-state index < -0.39 is 0 Å². The van der Waals surface area contributed by atoms with Gasteiger partial charge < -0.3 is 5.11 Å². The number of rotatable bonds is 6.